The molecule has 0 spiro atoms. The SMILES string of the molecule is C=CC1CCC2CC(c3ccc(-c4ccc(F)cc4)cc3)CCC2C1. The minimum atomic E-state index is -0.177. The van der Waals surface area contributed by atoms with Gasteiger partial charge >= 0.3 is 0 Å². The lowest BCUT2D eigenvalue weighted by Crippen LogP contribution is -2.29. The largest absolute Gasteiger partial charge is 0.207 e. The molecule has 0 N–H and O–H groups in total. The first kappa shape index (κ1) is 16.6. The first-order valence-electron chi connectivity index (χ1n) is 9.71. The molecule has 1 heteroatoms. The quantitative estimate of drug-likeness (QED) is 0.531. The van der Waals surface area contributed by atoms with E-state index >= 15 is 0 Å². The average molecular weight is 334 g/mol. The smallest absolute Gasteiger partial charge is 0.123 e. The van der Waals surface area contributed by atoms with E-state index in [1.54, 1.807) is 0 Å². The fraction of sp³-hybridized carbons (Fsp3) is 0.417. The van der Waals surface area contributed by atoms with Gasteiger partial charge in [0.2, 0.25) is 0 Å². The molecule has 130 valence electrons. The van der Waals surface area contributed by atoms with Crippen LogP contribution in [0.25, 0.3) is 11.1 Å². The fourth-order valence-electron chi connectivity index (χ4n) is 5.03. The van der Waals surface area contributed by atoms with E-state index in [1.807, 2.05) is 12.1 Å². The second-order valence-electron chi connectivity index (χ2n) is 7.97. The Kier molecular flexibility index (Phi) is 4.74. The molecular formula is C24H27F. The van der Waals surface area contributed by atoms with Gasteiger partial charge in [0.05, 0.1) is 0 Å². The number of benzene rings is 2. The molecule has 0 amide bonds. The Bertz CT molecular complexity index is 713. The third-order valence-corrected chi connectivity index (χ3v) is 6.55. The molecule has 2 aliphatic rings. The fourth-order valence-corrected chi connectivity index (χ4v) is 5.03. The molecule has 25 heavy (non-hydrogen) atoms. The number of hydrogen-bond donors (Lipinski definition) is 0. The van der Waals surface area contributed by atoms with Gasteiger partial charge in [-0.3, -0.25) is 0 Å². The van der Waals surface area contributed by atoms with E-state index in [0.717, 1.165) is 23.3 Å². The van der Waals surface area contributed by atoms with Gasteiger partial charge in [0, 0.05) is 0 Å². The van der Waals surface area contributed by atoms with Crippen molar-refractivity contribution in [1.29, 1.82) is 0 Å². The van der Waals surface area contributed by atoms with Crippen LogP contribution in [0.3, 0.4) is 0 Å². The molecule has 4 atom stereocenters. The highest BCUT2D eigenvalue weighted by molar-refractivity contribution is 5.63. The normalized spacial score (nSPS) is 29.0. The van der Waals surface area contributed by atoms with Gasteiger partial charge in [-0.15, -0.1) is 6.58 Å². The van der Waals surface area contributed by atoms with Crippen molar-refractivity contribution in [2.45, 2.75) is 44.4 Å². The van der Waals surface area contributed by atoms with E-state index in [2.05, 4.69) is 36.9 Å². The van der Waals surface area contributed by atoms with Gasteiger partial charge in [-0.05, 0) is 91.0 Å². The van der Waals surface area contributed by atoms with Crippen molar-refractivity contribution in [1.82, 2.24) is 0 Å². The lowest BCUT2D eigenvalue weighted by molar-refractivity contribution is 0.133. The predicted molar refractivity (Wildman–Crippen MR) is 103 cm³/mol. The lowest BCUT2D eigenvalue weighted by Gasteiger charge is -2.41. The van der Waals surface area contributed by atoms with Gasteiger partial charge in [0.25, 0.3) is 0 Å². The predicted octanol–water partition coefficient (Wildman–Crippen LogP) is 6.98. The third kappa shape index (κ3) is 3.56. The summed E-state index contributed by atoms with van der Waals surface area (Å²) in [6.45, 7) is 4.00. The van der Waals surface area contributed by atoms with Crippen molar-refractivity contribution in [3.05, 3.63) is 72.6 Å². The Morgan fingerprint density at radius 2 is 1.36 bits per heavy atom. The van der Waals surface area contributed by atoms with Gasteiger partial charge < -0.3 is 0 Å². The summed E-state index contributed by atoms with van der Waals surface area (Å²) in [7, 11) is 0. The minimum Gasteiger partial charge on any atom is -0.207 e. The Balaban J connectivity index is 1.44. The van der Waals surface area contributed by atoms with Gasteiger partial charge in [-0.25, -0.2) is 4.39 Å². The molecular weight excluding hydrogens is 307 g/mol. The highest BCUT2D eigenvalue weighted by Crippen LogP contribution is 2.47. The van der Waals surface area contributed by atoms with Crippen molar-refractivity contribution in [3.63, 3.8) is 0 Å². The van der Waals surface area contributed by atoms with Gasteiger partial charge in [-0.2, -0.15) is 0 Å². The first-order chi connectivity index (χ1) is 12.2. The molecule has 0 radical (unpaired) electrons. The molecule has 0 saturated heterocycles. The lowest BCUT2D eigenvalue weighted by atomic mass is 9.64. The second-order valence-corrected chi connectivity index (χ2v) is 7.97. The van der Waals surface area contributed by atoms with Crippen LogP contribution in [-0.4, -0.2) is 0 Å². The summed E-state index contributed by atoms with van der Waals surface area (Å²) in [5, 5.41) is 0. The number of allylic oxidation sites excluding steroid dienone is 1. The van der Waals surface area contributed by atoms with Crippen LogP contribution in [0.4, 0.5) is 4.39 Å². The van der Waals surface area contributed by atoms with Crippen LogP contribution in [-0.2, 0) is 0 Å². The molecule has 2 aliphatic carbocycles. The van der Waals surface area contributed by atoms with Gasteiger partial charge in [0.1, 0.15) is 5.82 Å². The number of hydrogen-bond acceptors (Lipinski definition) is 0. The van der Waals surface area contributed by atoms with Crippen molar-refractivity contribution in [2.75, 3.05) is 0 Å². The van der Waals surface area contributed by atoms with Crippen molar-refractivity contribution < 1.29 is 4.39 Å². The van der Waals surface area contributed by atoms with Crippen LogP contribution in [0.1, 0.15) is 50.0 Å². The van der Waals surface area contributed by atoms with E-state index in [0.29, 0.717) is 5.92 Å². The Morgan fingerprint density at radius 3 is 2.04 bits per heavy atom. The van der Waals surface area contributed by atoms with Crippen molar-refractivity contribution in [3.8, 4) is 11.1 Å². The highest BCUT2D eigenvalue weighted by Gasteiger charge is 2.35. The van der Waals surface area contributed by atoms with Crippen LogP contribution < -0.4 is 0 Å². The van der Waals surface area contributed by atoms with Crippen LogP contribution in [0.5, 0.6) is 0 Å². The first-order valence-corrected chi connectivity index (χ1v) is 9.71. The minimum absolute atomic E-state index is 0.177. The summed E-state index contributed by atoms with van der Waals surface area (Å²) in [6, 6.07) is 15.8. The summed E-state index contributed by atoms with van der Waals surface area (Å²) < 4.78 is 13.1. The molecule has 0 bridgehead atoms. The zero-order chi connectivity index (χ0) is 17.2. The van der Waals surface area contributed by atoms with E-state index in [-0.39, 0.29) is 5.82 Å². The summed E-state index contributed by atoms with van der Waals surface area (Å²) in [5.41, 5.74) is 3.73. The molecule has 4 rings (SSSR count). The van der Waals surface area contributed by atoms with Crippen molar-refractivity contribution >= 4 is 0 Å². The Labute approximate surface area is 150 Å². The summed E-state index contributed by atoms with van der Waals surface area (Å²) in [4.78, 5) is 0. The van der Waals surface area contributed by atoms with E-state index in [9.17, 15) is 4.39 Å². The Hall–Kier alpha value is -1.89. The summed E-state index contributed by atoms with van der Waals surface area (Å²) in [5.74, 6) is 3.12. The zero-order valence-electron chi connectivity index (χ0n) is 14.8. The highest BCUT2D eigenvalue weighted by atomic mass is 19.1. The molecule has 2 aromatic carbocycles. The van der Waals surface area contributed by atoms with Gasteiger partial charge in [-0.1, -0.05) is 42.5 Å². The molecule has 0 aromatic heterocycles. The molecule has 0 heterocycles. The number of rotatable bonds is 3. The topological polar surface area (TPSA) is 0 Å². The molecule has 0 aliphatic heterocycles. The summed E-state index contributed by atoms with van der Waals surface area (Å²) >= 11 is 0. The standard InChI is InChI=1S/C24H27F/c1-2-17-3-4-23-16-22(10-9-21(23)15-17)20-7-5-18(6-8-20)19-11-13-24(25)14-12-19/h2,5-8,11-14,17,21-23H,1,3-4,9-10,15-16H2. The third-order valence-electron chi connectivity index (χ3n) is 6.55. The number of halogens is 1. The van der Waals surface area contributed by atoms with Gasteiger partial charge in [0.15, 0.2) is 0 Å². The zero-order valence-corrected chi connectivity index (χ0v) is 14.8. The monoisotopic (exact) mass is 334 g/mol. The Morgan fingerprint density at radius 1 is 0.760 bits per heavy atom. The molecule has 2 saturated carbocycles. The molecule has 4 unspecified atom stereocenters. The van der Waals surface area contributed by atoms with Crippen molar-refractivity contribution in [2.24, 2.45) is 17.8 Å². The molecule has 0 nitrogen and oxygen atoms in total. The maximum absolute atomic E-state index is 13.1. The molecule has 2 aromatic rings. The van der Waals surface area contributed by atoms with E-state index < -0.39 is 0 Å². The van der Waals surface area contributed by atoms with E-state index in [4.69, 9.17) is 0 Å². The maximum Gasteiger partial charge on any atom is 0.123 e. The van der Waals surface area contributed by atoms with Crippen LogP contribution >= 0.6 is 0 Å². The van der Waals surface area contributed by atoms with Crippen LogP contribution in [0.2, 0.25) is 0 Å². The number of fused-ring (bicyclic) bond motifs is 1. The van der Waals surface area contributed by atoms with Crippen LogP contribution in [0, 0.1) is 23.6 Å². The maximum atomic E-state index is 13.1. The average Bonchev–Trinajstić information content (AvgIpc) is 2.68. The summed E-state index contributed by atoms with van der Waals surface area (Å²) in [6.07, 6.45) is 10.3. The molecule has 2 fully saturated rings. The second kappa shape index (κ2) is 7.15. The van der Waals surface area contributed by atoms with Crippen LogP contribution in [0.15, 0.2) is 61.2 Å². The van der Waals surface area contributed by atoms with E-state index in [1.165, 1.54) is 61.8 Å².